The highest BCUT2D eigenvalue weighted by Crippen LogP contribution is 2.22. The van der Waals surface area contributed by atoms with E-state index in [1.807, 2.05) is 0 Å². The van der Waals surface area contributed by atoms with Crippen LogP contribution in [0.15, 0.2) is 23.1 Å². The number of halogens is 1. The fraction of sp³-hybridized carbons (Fsp3) is 0.462. The topological polar surface area (TPSA) is 90.6 Å². The lowest BCUT2D eigenvalue weighted by molar-refractivity contribution is -0.0750. The third kappa shape index (κ3) is 3.22. The maximum absolute atomic E-state index is 13.3. The first-order valence-electron chi connectivity index (χ1n) is 6.34. The van der Waals surface area contributed by atoms with Crippen LogP contribution in [0, 0.1) is 17.1 Å². The Morgan fingerprint density at radius 3 is 2.86 bits per heavy atom. The zero-order valence-electron chi connectivity index (χ0n) is 11.4. The summed E-state index contributed by atoms with van der Waals surface area (Å²) in [5.74, 6) is -0.764. The zero-order chi connectivity index (χ0) is 15.6. The minimum absolute atomic E-state index is 0.0163. The molecule has 6 nitrogen and oxygen atoms in total. The average molecular weight is 314 g/mol. The highest BCUT2D eigenvalue weighted by molar-refractivity contribution is 7.89. The number of nitriles is 1. The molecular weight excluding hydrogens is 299 g/mol. The number of benzene rings is 1. The van der Waals surface area contributed by atoms with Crippen molar-refractivity contribution in [2.45, 2.75) is 24.0 Å². The average Bonchev–Trinajstić information content (AvgIpc) is 2.46. The Morgan fingerprint density at radius 1 is 1.52 bits per heavy atom. The third-order valence-electron chi connectivity index (χ3n) is 3.19. The predicted octanol–water partition coefficient (Wildman–Crippen LogP) is 0.468. The van der Waals surface area contributed by atoms with Crippen LogP contribution in [0.5, 0.6) is 0 Å². The number of morpholine rings is 1. The van der Waals surface area contributed by atoms with Crippen LogP contribution in [0.2, 0.25) is 0 Å². The van der Waals surface area contributed by atoms with Gasteiger partial charge in [-0.2, -0.15) is 9.57 Å². The second-order valence-electron chi connectivity index (χ2n) is 4.83. The lowest BCUT2D eigenvalue weighted by Crippen LogP contribution is -2.50. The molecule has 2 rings (SSSR count). The van der Waals surface area contributed by atoms with Crippen LogP contribution in [0.1, 0.15) is 12.5 Å². The molecule has 0 amide bonds. The van der Waals surface area contributed by atoms with E-state index in [9.17, 15) is 12.8 Å². The molecule has 0 spiro atoms. The van der Waals surface area contributed by atoms with Gasteiger partial charge in [-0.1, -0.05) is 0 Å². The van der Waals surface area contributed by atoms with E-state index >= 15 is 0 Å². The quantitative estimate of drug-likeness (QED) is 0.875. The first-order valence-corrected chi connectivity index (χ1v) is 7.78. The molecule has 1 saturated heterocycles. The van der Waals surface area contributed by atoms with Crippen LogP contribution in [0.25, 0.3) is 0 Å². The molecule has 1 heterocycles. The Balaban J connectivity index is 2.35. The summed E-state index contributed by atoms with van der Waals surface area (Å²) in [6, 6.07) is 4.71. The maximum Gasteiger partial charge on any atom is 0.243 e. The molecular formula is C13H15FN2O4S. The van der Waals surface area contributed by atoms with Gasteiger partial charge in [-0.25, -0.2) is 12.8 Å². The van der Waals surface area contributed by atoms with Gasteiger partial charge >= 0.3 is 0 Å². The van der Waals surface area contributed by atoms with E-state index in [0.29, 0.717) is 0 Å². The fourth-order valence-corrected chi connectivity index (χ4v) is 3.77. The third-order valence-corrected chi connectivity index (χ3v) is 5.02. The number of nitrogens with zero attached hydrogens (tertiary/aromatic N) is 2. The lowest BCUT2D eigenvalue weighted by atomic mass is 10.2. The summed E-state index contributed by atoms with van der Waals surface area (Å²) in [4.78, 5) is -0.147. The summed E-state index contributed by atoms with van der Waals surface area (Å²) in [6.45, 7) is 1.57. The molecule has 2 unspecified atom stereocenters. The van der Waals surface area contributed by atoms with Gasteiger partial charge in [0.1, 0.15) is 11.9 Å². The van der Waals surface area contributed by atoms with Crippen molar-refractivity contribution < 1.29 is 22.7 Å². The summed E-state index contributed by atoms with van der Waals surface area (Å²) >= 11 is 0. The van der Waals surface area contributed by atoms with Crippen LogP contribution in [-0.2, 0) is 14.8 Å². The van der Waals surface area contributed by atoms with Crippen molar-refractivity contribution in [3.8, 4) is 6.07 Å². The molecule has 1 N–H and O–H groups in total. The van der Waals surface area contributed by atoms with Crippen molar-refractivity contribution in [1.82, 2.24) is 4.31 Å². The van der Waals surface area contributed by atoms with Gasteiger partial charge < -0.3 is 9.84 Å². The van der Waals surface area contributed by atoms with Gasteiger partial charge in [0.25, 0.3) is 0 Å². The highest BCUT2D eigenvalue weighted by Gasteiger charge is 2.33. The molecule has 8 heteroatoms. The molecule has 2 atom stereocenters. The van der Waals surface area contributed by atoms with Crippen LogP contribution in [-0.4, -0.2) is 49.7 Å². The number of rotatable bonds is 3. The Labute approximate surface area is 122 Å². The van der Waals surface area contributed by atoms with Gasteiger partial charge in [-0.05, 0) is 25.1 Å². The van der Waals surface area contributed by atoms with Gasteiger partial charge in [0.2, 0.25) is 10.0 Å². The monoisotopic (exact) mass is 314 g/mol. The molecule has 1 aromatic carbocycles. The molecule has 1 aromatic rings. The molecule has 0 radical (unpaired) electrons. The van der Waals surface area contributed by atoms with Crippen LogP contribution < -0.4 is 0 Å². The number of aliphatic hydroxyl groups excluding tert-OH is 1. The summed E-state index contributed by atoms with van der Waals surface area (Å²) < 4.78 is 44.9. The SMILES string of the molecule is CC1CN(S(=O)(=O)c2ccc(F)c(C#N)c2)CC(CO)O1. The Kier molecular flexibility index (Phi) is 4.58. The van der Waals surface area contributed by atoms with E-state index in [-0.39, 0.29) is 36.3 Å². The smallest absolute Gasteiger partial charge is 0.243 e. The maximum atomic E-state index is 13.3. The molecule has 1 aliphatic heterocycles. The molecule has 0 aliphatic carbocycles. The first kappa shape index (κ1) is 15.9. The van der Waals surface area contributed by atoms with Crippen molar-refractivity contribution in [3.05, 3.63) is 29.6 Å². The number of ether oxygens (including phenoxy) is 1. The van der Waals surface area contributed by atoms with E-state index in [1.165, 1.54) is 4.31 Å². The van der Waals surface area contributed by atoms with Crippen molar-refractivity contribution >= 4 is 10.0 Å². The lowest BCUT2D eigenvalue weighted by Gasteiger charge is -2.35. The van der Waals surface area contributed by atoms with Crippen LogP contribution >= 0.6 is 0 Å². The first-order chi connectivity index (χ1) is 9.88. The van der Waals surface area contributed by atoms with Crippen molar-refractivity contribution in [3.63, 3.8) is 0 Å². The summed E-state index contributed by atoms with van der Waals surface area (Å²) in [6.07, 6.45) is -0.957. The van der Waals surface area contributed by atoms with Gasteiger partial charge in [-0.15, -0.1) is 0 Å². The highest BCUT2D eigenvalue weighted by atomic mass is 32.2. The van der Waals surface area contributed by atoms with E-state index in [1.54, 1.807) is 13.0 Å². The predicted molar refractivity (Wildman–Crippen MR) is 71.3 cm³/mol. The Morgan fingerprint density at radius 2 is 2.24 bits per heavy atom. The largest absolute Gasteiger partial charge is 0.394 e. The summed E-state index contributed by atoms with van der Waals surface area (Å²) in [5.41, 5.74) is -0.323. The van der Waals surface area contributed by atoms with Gasteiger partial charge in [-0.3, -0.25) is 0 Å². The standard InChI is InChI=1S/C13H15FN2O4S/c1-9-6-16(7-11(8-17)20-9)21(18,19)12-2-3-13(14)10(4-12)5-15/h2-4,9,11,17H,6-8H2,1H3. The van der Waals surface area contributed by atoms with Crippen molar-refractivity contribution in [2.75, 3.05) is 19.7 Å². The van der Waals surface area contributed by atoms with Crippen LogP contribution in [0.4, 0.5) is 4.39 Å². The summed E-state index contributed by atoms with van der Waals surface area (Å²) in [5, 5.41) is 17.9. The van der Waals surface area contributed by atoms with Gasteiger partial charge in [0.15, 0.2) is 0 Å². The molecule has 0 aromatic heterocycles. The number of aliphatic hydroxyl groups is 1. The van der Waals surface area contributed by atoms with E-state index in [4.69, 9.17) is 15.1 Å². The van der Waals surface area contributed by atoms with Gasteiger partial charge in [0, 0.05) is 13.1 Å². The normalized spacial score (nSPS) is 23.7. The number of hydrogen-bond donors (Lipinski definition) is 1. The molecule has 1 fully saturated rings. The zero-order valence-corrected chi connectivity index (χ0v) is 12.2. The summed E-state index contributed by atoms with van der Waals surface area (Å²) in [7, 11) is -3.86. The van der Waals surface area contributed by atoms with E-state index < -0.39 is 21.9 Å². The van der Waals surface area contributed by atoms with Crippen molar-refractivity contribution in [2.24, 2.45) is 0 Å². The second kappa shape index (κ2) is 6.07. The van der Waals surface area contributed by atoms with E-state index in [2.05, 4.69) is 0 Å². The fourth-order valence-electron chi connectivity index (χ4n) is 2.20. The second-order valence-corrected chi connectivity index (χ2v) is 6.76. The number of sulfonamides is 1. The van der Waals surface area contributed by atoms with Gasteiger partial charge in [0.05, 0.1) is 29.3 Å². The minimum atomic E-state index is -3.86. The molecule has 1 aliphatic rings. The van der Waals surface area contributed by atoms with Crippen molar-refractivity contribution in [1.29, 1.82) is 5.26 Å². The molecule has 21 heavy (non-hydrogen) atoms. The Hall–Kier alpha value is -1.53. The van der Waals surface area contributed by atoms with Crippen LogP contribution in [0.3, 0.4) is 0 Å². The van der Waals surface area contributed by atoms with E-state index in [0.717, 1.165) is 18.2 Å². The molecule has 0 bridgehead atoms. The molecule has 114 valence electrons. The Bertz CT molecular complexity index is 671. The molecule has 0 saturated carbocycles. The minimum Gasteiger partial charge on any atom is -0.394 e. The number of hydrogen-bond acceptors (Lipinski definition) is 5.